The van der Waals surface area contributed by atoms with Crippen LogP contribution in [0.4, 0.5) is 0 Å². The van der Waals surface area contributed by atoms with E-state index in [0.717, 1.165) is 16.8 Å². The van der Waals surface area contributed by atoms with Gasteiger partial charge in [-0.25, -0.2) is 4.99 Å². The molecule has 0 saturated heterocycles. The highest BCUT2D eigenvalue weighted by Gasteiger charge is 2.36. The van der Waals surface area contributed by atoms with E-state index in [1.54, 1.807) is 13.8 Å². The molecule has 0 saturated carbocycles. The van der Waals surface area contributed by atoms with Crippen LogP contribution in [0.15, 0.2) is 76.8 Å². The molecule has 0 radical (unpaired) electrons. The Hall–Kier alpha value is -2.20. The summed E-state index contributed by atoms with van der Waals surface area (Å²) in [7, 11) is -3.50. The van der Waals surface area contributed by atoms with E-state index in [2.05, 4.69) is 17.4 Å². The van der Waals surface area contributed by atoms with Gasteiger partial charge in [0.05, 0.1) is 25.0 Å². The molecule has 1 aliphatic rings. The largest absolute Gasteiger partial charge is 0.381 e. The lowest BCUT2D eigenvalue weighted by molar-refractivity contribution is 0.225. The number of hydrogen-bond acceptors (Lipinski definition) is 5. The molecule has 27 heavy (non-hydrogen) atoms. The van der Waals surface area contributed by atoms with Crippen molar-refractivity contribution >= 4 is 13.3 Å². The highest BCUT2D eigenvalue weighted by Crippen LogP contribution is 2.58. The highest BCUT2D eigenvalue weighted by molar-refractivity contribution is 7.58. The summed E-state index contributed by atoms with van der Waals surface area (Å²) in [4.78, 5) is 4.82. The van der Waals surface area contributed by atoms with Gasteiger partial charge in [-0.05, 0) is 31.9 Å². The third kappa shape index (κ3) is 4.22. The van der Waals surface area contributed by atoms with Gasteiger partial charge in [0.25, 0.3) is 0 Å². The zero-order valence-corrected chi connectivity index (χ0v) is 16.8. The molecule has 0 amide bonds. The molecule has 2 aromatic carbocycles. The lowest BCUT2D eigenvalue weighted by Crippen LogP contribution is -2.32. The van der Waals surface area contributed by atoms with Crippen molar-refractivity contribution in [2.45, 2.75) is 26.8 Å². The van der Waals surface area contributed by atoms with E-state index in [0.29, 0.717) is 11.1 Å². The lowest BCUT2D eigenvalue weighted by Gasteiger charge is -2.30. The molecular formula is C21H25N2O3P. The van der Waals surface area contributed by atoms with Crippen LogP contribution in [-0.2, 0) is 13.6 Å². The Morgan fingerprint density at radius 3 is 2.07 bits per heavy atom. The Bertz CT molecular complexity index is 869. The Balaban J connectivity index is 2.12. The van der Waals surface area contributed by atoms with E-state index in [-0.39, 0.29) is 19.3 Å². The van der Waals surface area contributed by atoms with Gasteiger partial charge in [0, 0.05) is 5.70 Å². The zero-order chi connectivity index (χ0) is 19.3. The van der Waals surface area contributed by atoms with Crippen LogP contribution in [0, 0.1) is 0 Å². The smallest absolute Gasteiger partial charge is 0.374 e. The van der Waals surface area contributed by atoms with Gasteiger partial charge < -0.3 is 14.4 Å². The van der Waals surface area contributed by atoms with Crippen molar-refractivity contribution < 1.29 is 13.6 Å². The van der Waals surface area contributed by atoms with Crippen LogP contribution >= 0.6 is 7.60 Å². The number of benzene rings is 2. The summed E-state index contributed by atoms with van der Waals surface area (Å²) < 4.78 is 24.4. The van der Waals surface area contributed by atoms with Crippen LogP contribution < -0.4 is 5.32 Å². The molecule has 142 valence electrons. The third-order valence-electron chi connectivity index (χ3n) is 4.26. The minimum absolute atomic E-state index is 0.144. The van der Waals surface area contributed by atoms with Crippen molar-refractivity contribution in [2.24, 2.45) is 4.99 Å². The maximum absolute atomic E-state index is 13.3. The molecule has 1 N–H and O–H groups in total. The van der Waals surface area contributed by atoms with Crippen LogP contribution in [0.25, 0.3) is 0 Å². The number of rotatable bonds is 7. The van der Waals surface area contributed by atoms with Crippen LogP contribution in [0.5, 0.6) is 0 Å². The van der Waals surface area contributed by atoms with E-state index < -0.39 is 7.60 Å². The molecule has 1 heterocycles. The summed E-state index contributed by atoms with van der Waals surface area (Å²) in [5, 5.41) is 3.47. The molecule has 5 nitrogen and oxygen atoms in total. The Morgan fingerprint density at radius 1 is 0.963 bits per heavy atom. The van der Waals surface area contributed by atoms with Crippen LogP contribution in [-0.4, -0.2) is 18.9 Å². The maximum atomic E-state index is 13.3. The first-order chi connectivity index (χ1) is 13.1. The number of nitrogens with one attached hydrogen (secondary N) is 1. The molecule has 0 fully saturated rings. The quantitative estimate of drug-likeness (QED) is 0.660. The van der Waals surface area contributed by atoms with Crippen molar-refractivity contribution in [3.63, 3.8) is 0 Å². The molecule has 0 spiro atoms. The molecule has 1 atom stereocenters. The van der Waals surface area contributed by atoms with E-state index >= 15 is 0 Å². The zero-order valence-electron chi connectivity index (χ0n) is 15.9. The first kappa shape index (κ1) is 19.6. The highest BCUT2D eigenvalue weighted by atomic mass is 31.2. The summed E-state index contributed by atoms with van der Waals surface area (Å²) in [6.45, 7) is 6.03. The second-order valence-corrected chi connectivity index (χ2v) is 8.07. The summed E-state index contributed by atoms with van der Waals surface area (Å²) in [5.74, 6) is 0. The van der Waals surface area contributed by atoms with Gasteiger partial charge in [0.15, 0.2) is 5.44 Å². The summed E-state index contributed by atoms with van der Waals surface area (Å²) >= 11 is 0. The fourth-order valence-corrected chi connectivity index (χ4v) is 4.81. The Kier molecular flexibility index (Phi) is 6.27. The molecule has 0 aliphatic carbocycles. The van der Waals surface area contributed by atoms with Crippen LogP contribution in [0.3, 0.4) is 0 Å². The fourth-order valence-electron chi connectivity index (χ4n) is 3.10. The van der Waals surface area contributed by atoms with Gasteiger partial charge in [-0.15, -0.1) is 0 Å². The predicted molar refractivity (Wildman–Crippen MR) is 109 cm³/mol. The van der Waals surface area contributed by atoms with Gasteiger partial charge in [-0.2, -0.15) is 0 Å². The van der Waals surface area contributed by atoms with Gasteiger partial charge in [-0.3, -0.25) is 4.57 Å². The number of nitrogens with zero attached hydrogens (tertiary/aromatic N) is 1. The van der Waals surface area contributed by atoms with Crippen LogP contribution in [0.1, 0.15) is 37.9 Å². The second-order valence-electron chi connectivity index (χ2n) is 6.13. The van der Waals surface area contributed by atoms with E-state index in [9.17, 15) is 4.57 Å². The fraction of sp³-hybridized carbons (Fsp3) is 0.286. The van der Waals surface area contributed by atoms with E-state index in [4.69, 9.17) is 14.0 Å². The summed E-state index contributed by atoms with van der Waals surface area (Å²) in [6, 6.07) is 19.8. The molecule has 3 rings (SSSR count). The molecule has 0 aromatic heterocycles. The number of aliphatic imine (C=N–C) groups is 1. The third-order valence-corrected chi connectivity index (χ3v) is 6.41. The van der Waals surface area contributed by atoms with E-state index in [1.165, 1.54) is 0 Å². The minimum atomic E-state index is -3.50. The Labute approximate surface area is 160 Å². The van der Waals surface area contributed by atoms with Crippen molar-refractivity contribution in [3.8, 4) is 0 Å². The SMILES string of the molecule is CCOP(=O)(OCC)C1=C(C)NC(c2ccccc2)C(c2ccccc2)=N1. The molecule has 6 heteroatoms. The standard InChI is InChI=1S/C21H25N2O3P/c1-4-25-27(24,26-5-2)21-16(3)22-19(17-12-8-6-9-13-17)20(23-21)18-14-10-7-11-15-18/h6-15,19,22H,4-5H2,1-3H3. The molecular weight excluding hydrogens is 359 g/mol. The predicted octanol–water partition coefficient (Wildman–Crippen LogP) is 5.28. The van der Waals surface area contributed by atoms with Gasteiger partial charge in [-0.1, -0.05) is 60.7 Å². The van der Waals surface area contributed by atoms with Crippen LogP contribution in [0.2, 0.25) is 0 Å². The molecule has 2 aromatic rings. The van der Waals surface area contributed by atoms with Crippen molar-refractivity contribution in [2.75, 3.05) is 13.2 Å². The van der Waals surface area contributed by atoms with Gasteiger partial charge in [0.2, 0.25) is 0 Å². The summed E-state index contributed by atoms with van der Waals surface area (Å²) in [5.41, 5.74) is 3.89. The Morgan fingerprint density at radius 2 is 1.52 bits per heavy atom. The molecule has 1 aliphatic heterocycles. The summed E-state index contributed by atoms with van der Waals surface area (Å²) in [6.07, 6.45) is 0. The number of hydrogen-bond donors (Lipinski definition) is 1. The second kappa shape index (κ2) is 8.66. The molecule has 1 unspecified atom stereocenters. The lowest BCUT2D eigenvalue weighted by atomic mass is 9.95. The monoisotopic (exact) mass is 384 g/mol. The molecule has 0 bridgehead atoms. The first-order valence-corrected chi connectivity index (χ1v) is 10.7. The van der Waals surface area contributed by atoms with E-state index in [1.807, 2.05) is 55.5 Å². The average Bonchev–Trinajstić information content (AvgIpc) is 2.69. The first-order valence-electron chi connectivity index (χ1n) is 9.15. The maximum Gasteiger partial charge on any atom is 0.381 e. The average molecular weight is 384 g/mol. The topological polar surface area (TPSA) is 59.9 Å². The van der Waals surface area contributed by atoms with Gasteiger partial charge in [0.1, 0.15) is 0 Å². The van der Waals surface area contributed by atoms with Crippen molar-refractivity contribution in [1.29, 1.82) is 0 Å². The number of allylic oxidation sites excluding steroid dienone is 1. The normalized spacial score (nSPS) is 17.4. The van der Waals surface area contributed by atoms with Crippen molar-refractivity contribution in [1.82, 2.24) is 5.32 Å². The van der Waals surface area contributed by atoms with Crippen molar-refractivity contribution in [3.05, 3.63) is 82.9 Å². The van der Waals surface area contributed by atoms with Gasteiger partial charge >= 0.3 is 7.60 Å². The minimum Gasteiger partial charge on any atom is -0.374 e.